The molecule has 0 rings (SSSR count). The van der Waals surface area contributed by atoms with Crippen LogP contribution in [0.4, 0.5) is 4.39 Å². The zero-order valence-corrected chi connectivity index (χ0v) is 4.65. The average molecular weight is 105 g/mol. The summed E-state index contributed by atoms with van der Waals surface area (Å²) in [6, 6.07) is 0.163. The van der Waals surface area contributed by atoms with Crippen LogP contribution in [-0.4, -0.2) is 12.7 Å². The fraction of sp³-hybridized carbons (Fsp3) is 1.00. The first kappa shape index (κ1) is 6.89. The summed E-state index contributed by atoms with van der Waals surface area (Å²) in [5, 5.41) is 0. The van der Waals surface area contributed by atoms with Crippen LogP contribution in [0.1, 0.15) is 19.8 Å². The number of nitrogens with two attached hydrogens (primary N) is 1. The lowest BCUT2D eigenvalue weighted by molar-refractivity contribution is 0.447. The Morgan fingerprint density at radius 2 is 2.29 bits per heavy atom. The topological polar surface area (TPSA) is 26.0 Å². The third-order valence-electron chi connectivity index (χ3n) is 0.793. The average Bonchev–Trinajstić information content (AvgIpc) is 1.61. The third-order valence-corrected chi connectivity index (χ3v) is 0.793. The summed E-state index contributed by atoms with van der Waals surface area (Å²) >= 11 is 0. The normalized spacial score (nSPS) is 14.1. The molecule has 0 aromatic rings. The molecule has 0 unspecified atom stereocenters. The molecule has 0 aromatic heterocycles. The van der Waals surface area contributed by atoms with Gasteiger partial charge in [-0.1, -0.05) is 0 Å². The number of alkyl halides is 1. The predicted molar refractivity (Wildman–Crippen MR) is 28.9 cm³/mol. The molecule has 1 nitrogen and oxygen atoms in total. The van der Waals surface area contributed by atoms with Crippen molar-refractivity contribution in [1.82, 2.24) is 0 Å². The highest BCUT2D eigenvalue weighted by Crippen LogP contribution is 1.91. The van der Waals surface area contributed by atoms with Gasteiger partial charge in [0.25, 0.3) is 0 Å². The SMILES string of the molecule is C[C@@H](N)CCCF. The van der Waals surface area contributed by atoms with Crippen molar-refractivity contribution in [2.75, 3.05) is 6.67 Å². The minimum Gasteiger partial charge on any atom is -0.328 e. The van der Waals surface area contributed by atoms with Gasteiger partial charge in [0.15, 0.2) is 0 Å². The Labute approximate surface area is 43.7 Å². The molecule has 2 N–H and O–H groups in total. The Balaban J connectivity index is 2.68. The van der Waals surface area contributed by atoms with Gasteiger partial charge in [-0.25, -0.2) is 0 Å². The highest BCUT2D eigenvalue weighted by atomic mass is 19.1. The van der Waals surface area contributed by atoms with E-state index in [2.05, 4.69) is 0 Å². The van der Waals surface area contributed by atoms with E-state index in [0.717, 1.165) is 6.42 Å². The monoisotopic (exact) mass is 105 g/mol. The van der Waals surface area contributed by atoms with Crippen LogP contribution in [0.3, 0.4) is 0 Å². The van der Waals surface area contributed by atoms with Gasteiger partial charge in [-0.2, -0.15) is 0 Å². The summed E-state index contributed by atoms with van der Waals surface area (Å²) in [6.07, 6.45) is 1.41. The van der Waals surface area contributed by atoms with E-state index in [4.69, 9.17) is 5.73 Å². The van der Waals surface area contributed by atoms with E-state index in [1.54, 1.807) is 0 Å². The lowest BCUT2D eigenvalue weighted by Crippen LogP contribution is -2.14. The second-order valence-corrected chi connectivity index (χ2v) is 1.81. The van der Waals surface area contributed by atoms with Crippen LogP contribution >= 0.6 is 0 Å². The van der Waals surface area contributed by atoms with E-state index < -0.39 is 0 Å². The Morgan fingerprint density at radius 1 is 1.71 bits per heavy atom. The molecule has 0 radical (unpaired) electrons. The maximum Gasteiger partial charge on any atom is 0.0895 e. The summed E-state index contributed by atoms with van der Waals surface area (Å²) in [6.45, 7) is 1.65. The van der Waals surface area contributed by atoms with Gasteiger partial charge in [0.2, 0.25) is 0 Å². The Hall–Kier alpha value is -0.110. The van der Waals surface area contributed by atoms with Crippen molar-refractivity contribution < 1.29 is 4.39 Å². The number of hydrogen-bond acceptors (Lipinski definition) is 1. The fourth-order valence-electron chi connectivity index (χ4n) is 0.399. The molecule has 1 atom stereocenters. The maximum atomic E-state index is 11.3. The van der Waals surface area contributed by atoms with Crippen LogP contribution in [0.15, 0.2) is 0 Å². The molecule has 0 fully saturated rings. The first-order valence-electron chi connectivity index (χ1n) is 2.59. The van der Waals surface area contributed by atoms with Crippen molar-refractivity contribution >= 4 is 0 Å². The van der Waals surface area contributed by atoms with Crippen molar-refractivity contribution in [3.05, 3.63) is 0 Å². The second kappa shape index (κ2) is 4.06. The quantitative estimate of drug-likeness (QED) is 0.571. The molecule has 0 heterocycles. The van der Waals surface area contributed by atoms with Gasteiger partial charge in [-0.15, -0.1) is 0 Å². The smallest absolute Gasteiger partial charge is 0.0895 e. The zero-order chi connectivity index (χ0) is 5.70. The number of hydrogen-bond donors (Lipinski definition) is 1. The molecular weight excluding hydrogens is 93.1 g/mol. The van der Waals surface area contributed by atoms with Gasteiger partial charge < -0.3 is 5.73 Å². The van der Waals surface area contributed by atoms with Crippen LogP contribution in [0.25, 0.3) is 0 Å². The number of rotatable bonds is 3. The predicted octanol–water partition coefficient (Wildman–Crippen LogP) is 1.08. The molecule has 0 saturated heterocycles. The van der Waals surface area contributed by atoms with E-state index >= 15 is 0 Å². The minimum atomic E-state index is -0.235. The molecule has 0 aliphatic heterocycles. The molecule has 0 saturated carbocycles. The summed E-state index contributed by atoms with van der Waals surface area (Å²) in [5.74, 6) is 0. The third kappa shape index (κ3) is 5.89. The number of halogens is 1. The lowest BCUT2D eigenvalue weighted by Gasteiger charge is -1.98. The van der Waals surface area contributed by atoms with Gasteiger partial charge >= 0.3 is 0 Å². The molecular formula is C5H12FN. The molecule has 0 aliphatic rings. The first-order chi connectivity index (χ1) is 3.27. The molecule has 0 bridgehead atoms. The first-order valence-corrected chi connectivity index (χ1v) is 2.59. The molecule has 0 amide bonds. The summed E-state index contributed by atoms with van der Waals surface area (Å²) in [5.41, 5.74) is 5.31. The van der Waals surface area contributed by atoms with Crippen LogP contribution in [0, 0.1) is 0 Å². The van der Waals surface area contributed by atoms with Gasteiger partial charge in [-0.3, -0.25) is 4.39 Å². The standard InChI is InChI=1S/C5H12FN/c1-5(7)3-2-4-6/h5H,2-4,7H2,1H3/t5-/m1/s1. The van der Waals surface area contributed by atoms with Crippen LogP contribution in [0.5, 0.6) is 0 Å². The van der Waals surface area contributed by atoms with Gasteiger partial charge in [0.05, 0.1) is 6.67 Å². The Bertz CT molecular complexity index is 37.1. The lowest BCUT2D eigenvalue weighted by atomic mass is 10.2. The zero-order valence-electron chi connectivity index (χ0n) is 4.65. The highest BCUT2D eigenvalue weighted by Gasteiger charge is 1.90. The molecule has 0 aromatic carbocycles. The van der Waals surface area contributed by atoms with Crippen molar-refractivity contribution in [3.63, 3.8) is 0 Å². The largest absolute Gasteiger partial charge is 0.328 e. The van der Waals surface area contributed by atoms with Crippen molar-refractivity contribution in [2.24, 2.45) is 5.73 Å². The van der Waals surface area contributed by atoms with E-state index in [9.17, 15) is 4.39 Å². The molecule has 0 aliphatic carbocycles. The van der Waals surface area contributed by atoms with Crippen molar-refractivity contribution in [3.8, 4) is 0 Å². The van der Waals surface area contributed by atoms with Crippen LogP contribution in [-0.2, 0) is 0 Å². The second-order valence-electron chi connectivity index (χ2n) is 1.81. The van der Waals surface area contributed by atoms with Crippen molar-refractivity contribution in [2.45, 2.75) is 25.8 Å². The molecule has 7 heavy (non-hydrogen) atoms. The van der Waals surface area contributed by atoms with Gasteiger partial charge in [0, 0.05) is 6.04 Å². The molecule has 44 valence electrons. The van der Waals surface area contributed by atoms with Crippen LogP contribution in [0.2, 0.25) is 0 Å². The minimum absolute atomic E-state index is 0.163. The Kier molecular flexibility index (Phi) is 4.00. The summed E-state index contributed by atoms with van der Waals surface area (Å²) < 4.78 is 11.3. The highest BCUT2D eigenvalue weighted by molar-refractivity contribution is 4.50. The van der Waals surface area contributed by atoms with Crippen molar-refractivity contribution in [1.29, 1.82) is 0 Å². The van der Waals surface area contributed by atoms with E-state index in [0.29, 0.717) is 6.42 Å². The van der Waals surface area contributed by atoms with E-state index in [1.165, 1.54) is 0 Å². The van der Waals surface area contributed by atoms with Gasteiger partial charge in [-0.05, 0) is 19.8 Å². The molecule has 0 spiro atoms. The summed E-state index contributed by atoms with van der Waals surface area (Å²) in [4.78, 5) is 0. The maximum absolute atomic E-state index is 11.3. The Morgan fingerprint density at radius 3 is 2.43 bits per heavy atom. The van der Waals surface area contributed by atoms with Gasteiger partial charge in [0.1, 0.15) is 0 Å². The summed E-state index contributed by atoms with van der Waals surface area (Å²) in [7, 11) is 0. The van der Waals surface area contributed by atoms with E-state index in [1.807, 2.05) is 6.92 Å². The fourth-order valence-corrected chi connectivity index (χ4v) is 0.399. The van der Waals surface area contributed by atoms with Crippen LogP contribution < -0.4 is 5.73 Å². The molecule has 2 heteroatoms. The van der Waals surface area contributed by atoms with E-state index in [-0.39, 0.29) is 12.7 Å².